The Labute approximate surface area is 145 Å². The quantitative estimate of drug-likeness (QED) is 0.316. The van der Waals surface area contributed by atoms with E-state index in [0.29, 0.717) is 48.9 Å². The van der Waals surface area contributed by atoms with E-state index in [4.69, 9.17) is 0 Å². The van der Waals surface area contributed by atoms with Crippen LogP contribution in [0.4, 0.5) is 0 Å². The number of hydrogen-bond donors (Lipinski definition) is 0. The molecule has 0 bridgehead atoms. The molecule has 0 unspecified atom stereocenters. The van der Waals surface area contributed by atoms with Crippen molar-refractivity contribution in [2.45, 2.75) is 6.92 Å². The van der Waals surface area contributed by atoms with E-state index in [1.54, 1.807) is 36.4 Å². The highest BCUT2D eigenvalue weighted by Gasteiger charge is 2.22. The zero-order valence-electron chi connectivity index (χ0n) is 13.8. The Morgan fingerprint density at radius 1 is 0.577 bits per heavy atom. The van der Waals surface area contributed by atoms with Gasteiger partial charge in [-0.3, -0.25) is 14.4 Å². The van der Waals surface area contributed by atoms with Crippen LogP contribution in [0.15, 0.2) is 62.9 Å². The van der Waals surface area contributed by atoms with Crippen LogP contribution >= 0.6 is 0 Å². The Morgan fingerprint density at radius 2 is 0.923 bits per heavy atom. The summed E-state index contributed by atoms with van der Waals surface area (Å²) in [4.78, 5) is 39.3. The van der Waals surface area contributed by atoms with Gasteiger partial charge in [0.15, 0.2) is 16.3 Å². The number of aryl methyl sites for hydroxylation is 1. The van der Waals surface area contributed by atoms with Crippen molar-refractivity contribution in [1.82, 2.24) is 4.40 Å². The standard InChI is InChI=1S/C22H11NO3/c1-10-8-15-19-16(9-10)22(26)14-7-3-5-12-18(14)23(19)17-11(20(12)24)4-2-6-13(17)21(15)25/h2-9H,1H3. The first-order valence-corrected chi connectivity index (χ1v) is 8.43. The molecule has 0 aliphatic carbocycles. The van der Waals surface area contributed by atoms with Crippen molar-refractivity contribution in [3.8, 4) is 0 Å². The van der Waals surface area contributed by atoms with Crippen LogP contribution < -0.4 is 16.3 Å². The highest BCUT2D eigenvalue weighted by Crippen LogP contribution is 2.31. The summed E-state index contributed by atoms with van der Waals surface area (Å²) in [5.41, 5.74) is 2.27. The molecular weight excluding hydrogens is 326 g/mol. The average Bonchev–Trinajstić information content (AvgIpc) is 2.65. The van der Waals surface area contributed by atoms with Crippen molar-refractivity contribution in [3.63, 3.8) is 0 Å². The van der Waals surface area contributed by atoms with E-state index in [9.17, 15) is 14.4 Å². The number of pyridine rings is 3. The van der Waals surface area contributed by atoms with Crippen LogP contribution in [0.2, 0.25) is 0 Å². The van der Waals surface area contributed by atoms with E-state index in [-0.39, 0.29) is 16.3 Å². The highest BCUT2D eigenvalue weighted by atomic mass is 16.1. The van der Waals surface area contributed by atoms with Crippen molar-refractivity contribution in [2.75, 3.05) is 0 Å². The molecule has 0 N–H and O–H groups in total. The van der Waals surface area contributed by atoms with E-state index in [2.05, 4.69) is 0 Å². The summed E-state index contributed by atoms with van der Waals surface area (Å²) in [6.45, 7) is 1.88. The second kappa shape index (κ2) is 4.17. The van der Waals surface area contributed by atoms with Gasteiger partial charge in [0, 0.05) is 32.3 Å². The van der Waals surface area contributed by atoms with Crippen LogP contribution in [0.3, 0.4) is 0 Å². The summed E-state index contributed by atoms with van der Waals surface area (Å²) in [7, 11) is 0. The molecule has 0 saturated heterocycles. The maximum absolute atomic E-state index is 13.1. The van der Waals surface area contributed by atoms with Crippen molar-refractivity contribution >= 4 is 48.9 Å². The first kappa shape index (κ1) is 13.7. The van der Waals surface area contributed by atoms with Crippen LogP contribution in [-0.2, 0) is 0 Å². The second-order valence-electron chi connectivity index (χ2n) is 6.93. The summed E-state index contributed by atoms with van der Waals surface area (Å²) in [5, 5.41) is 3.07. The van der Waals surface area contributed by atoms with Gasteiger partial charge in [-0.25, -0.2) is 0 Å². The summed E-state index contributed by atoms with van der Waals surface area (Å²) >= 11 is 0. The molecule has 0 spiro atoms. The lowest BCUT2D eigenvalue weighted by molar-refractivity contribution is 1.31. The molecule has 3 heterocycles. The molecule has 0 aliphatic rings. The van der Waals surface area contributed by atoms with E-state index in [0.717, 1.165) is 5.56 Å². The lowest BCUT2D eigenvalue weighted by Crippen LogP contribution is -2.19. The fraction of sp³-hybridized carbons (Fsp3) is 0.0455. The van der Waals surface area contributed by atoms with Gasteiger partial charge >= 0.3 is 0 Å². The van der Waals surface area contributed by atoms with Crippen molar-refractivity contribution < 1.29 is 0 Å². The van der Waals surface area contributed by atoms with E-state index >= 15 is 0 Å². The molecule has 0 radical (unpaired) electrons. The topological polar surface area (TPSA) is 55.6 Å². The molecule has 122 valence electrons. The smallest absolute Gasteiger partial charge is 0.197 e. The molecule has 3 aromatic carbocycles. The summed E-state index contributed by atoms with van der Waals surface area (Å²) in [6, 6.07) is 14.2. The normalized spacial score (nSPS) is 12.5. The van der Waals surface area contributed by atoms with E-state index < -0.39 is 0 Å². The third-order valence-corrected chi connectivity index (χ3v) is 5.46. The third-order valence-electron chi connectivity index (χ3n) is 5.46. The lowest BCUT2D eigenvalue weighted by Gasteiger charge is -2.18. The van der Waals surface area contributed by atoms with Crippen molar-refractivity contribution in [1.29, 1.82) is 0 Å². The first-order valence-electron chi connectivity index (χ1n) is 8.43. The second-order valence-corrected chi connectivity index (χ2v) is 6.93. The van der Waals surface area contributed by atoms with Gasteiger partial charge in [-0.05, 0) is 48.9 Å². The summed E-state index contributed by atoms with van der Waals surface area (Å²) in [5.74, 6) is 0. The SMILES string of the molecule is Cc1cc2c(=O)c3cccc4c(=O)c5cccc6c(=O)c(c1)c2n(c43)c56. The van der Waals surface area contributed by atoms with Crippen LogP contribution in [0.5, 0.6) is 0 Å². The van der Waals surface area contributed by atoms with Crippen LogP contribution in [0.25, 0.3) is 48.9 Å². The minimum atomic E-state index is -0.144. The minimum absolute atomic E-state index is 0.138. The zero-order valence-corrected chi connectivity index (χ0v) is 13.8. The number of benzene rings is 3. The molecule has 6 rings (SSSR count). The van der Waals surface area contributed by atoms with Gasteiger partial charge < -0.3 is 4.40 Å². The van der Waals surface area contributed by atoms with Gasteiger partial charge in [-0.15, -0.1) is 0 Å². The molecule has 3 aromatic heterocycles. The van der Waals surface area contributed by atoms with Crippen LogP contribution in [0, 0.1) is 6.92 Å². The Kier molecular flexibility index (Phi) is 2.20. The molecular formula is C22H11NO3. The highest BCUT2D eigenvalue weighted by molar-refractivity contribution is 6.16. The molecule has 26 heavy (non-hydrogen) atoms. The minimum Gasteiger partial charge on any atom is -0.306 e. The van der Waals surface area contributed by atoms with Gasteiger partial charge in [-0.1, -0.05) is 12.1 Å². The molecule has 0 saturated carbocycles. The summed E-state index contributed by atoms with van der Waals surface area (Å²) < 4.78 is 1.95. The fourth-order valence-electron chi connectivity index (χ4n) is 4.44. The molecule has 4 nitrogen and oxygen atoms in total. The number of hydrogen-bond acceptors (Lipinski definition) is 3. The monoisotopic (exact) mass is 337 g/mol. The first-order chi connectivity index (χ1) is 12.6. The van der Waals surface area contributed by atoms with Gasteiger partial charge in [0.2, 0.25) is 0 Å². The number of nitrogens with zero attached hydrogens (tertiary/aromatic N) is 1. The average molecular weight is 337 g/mol. The lowest BCUT2D eigenvalue weighted by atomic mass is 9.97. The largest absolute Gasteiger partial charge is 0.306 e. The van der Waals surface area contributed by atoms with Gasteiger partial charge in [-0.2, -0.15) is 0 Å². The third kappa shape index (κ3) is 1.33. The van der Waals surface area contributed by atoms with Crippen LogP contribution in [0.1, 0.15) is 5.56 Å². The van der Waals surface area contributed by atoms with Crippen molar-refractivity contribution in [3.05, 3.63) is 84.8 Å². The number of aromatic nitrogens is 1. The molecule has 0 fully saturated rings. The van der Waals surface area contributed by atoms with Crippen molar-refractivity contribution in [2.24, 2.45) is 0 Å². The maximum Gasteiger partial charge on any atom is 0.197 e. The van der Waals surface area contributed by atoms with Crippen LogP contribution in [-0.4, -0.2) is 4.40 Å². The molecule has 0 aliphatic heterocycles. The predicted octanol–water partition coefficient (Wildman–Crippen LogP) is 3.25. The molecule has 0 amide bonds. The summed E-state index contributed by atoms with van der Waals surface area (Å²) in [6.07, 6.45) is 0. The zero-order chi connectivity index (χ0) is 17.7. The molecule has 6 aromatic rings. The Morgan fingerprint density at radius 3 is 1.35 bits per heavy atom. The molecule has 4 heteroatoms. The Hall–Kier alpha value is -3.53. The predicted molar refractivity (Wildman–Crippen MR) is 105 cm³/mol. The maximum atomic E-state index is 13.1. The number of para-hydroxylation sites is 2. The van der Waals surface area contributed by atoms with E-state index in [1.807, 2.05) is 23.5 Å². The van der Waals surface area contributed by atoms with Gasteiger partial charge in [0.05, 0.1) is 16.6 Å². The van der Waals surface area contributed by atoms with E-state index in [1.165, 1.54) is 0 Å². The Balaban J connectivity index is 2.27. The van der Waals surface area contributed by atoms with Gasteiger partial charge in [0.25, 0.3) is 0 Å². The molecule has 0 atom stereocenters. The fourth-order valence-corrected chi connectivity index (χ4v) is 4.44. The number of rotatable bonds is 0. The Bertz CT molecular complexity index is 1580. The van der Waals surface area contributed by atoms with Gasteiger partial charge in [0.1, 0.15) is 0 Å².